The summed E-state index contributed by atoms with van der Waals surface area (Å²) < 4.78 is 0.948. The molecule has 1 fully saturated rings. The number of aryl methyl sites for hydroxylation is 3. The van der Waals surface area contributed by atoms with Crippen LogP contribution in [-0.4, -0.2) is 29.4 Å². The summed E-state index contributed by atoms with van der Waals surface area (Å²) in [5, 5.41) is 0. The Bertz CT molecular complexity index is 803. The minimum absolute atomic E-state index is 0. The molecular weight excluding hydrogens is 431 g/mol. The van der Waals surface area contributed by atoms with Crippen LogP contribution in [0, 0.1) is 20.8 Å². The molecule has 153 valence electrons. The molecule has 1 heterocycles. The summed E-state index contributed by atoms with van der Waals surface area (Å²) in [6, 6.07) is 15.3. The van der Waals surface area contributed by atoms with Crippen LogP contribution in [0.25, 0.3) is 0 Å². The van der Waals surface area contributed by atoms with Crippen LogP contribution in [0.4, 0.5) is 0 Å². The number of rotatable bonds is 7. The topological polar surface area (TPSA) is 17.1 Å². The van der Waals surface area contributed by atoms with E-state index in [0.29, 0.717) is 12.2 Å². The van der Waals surface area contributed by atoms with Crippen molar-refractivity contribution in [3.05, 3.63) is 70.3 Å². The number of piperidine rings is 1. The number of carbonyl (C=O) groups is 1. The van der Waals surface area contributed by atoms with Gasteiger partial charge in [0.15, 0.2) is 5.78 Å². The van der Waals surface area contributed by atoms with Crippen LogP contribution < -0.4 is 0 Å². The van der Waals surface area contributed by atoms with E-state index in [1.54, 1.807) is 0 Å². The molecule has 0 spiro atoms. The van der Waals surface area contributed by atoms with Crippen molar-refractivity contribution in [2.45, 2.75) is 72.4 Å². The second kappa shape index (κ2) is 11.0. The molecule has 1 unspecified atom stereocenters. The average Bonchev–Trinajstić information content (AvgIpc) is 2.66. The minimum atomic E-state index is 0. The first-order valence-corrected chi connectivity index (χ1v) is 10.9. The third-order valence-electron chi connectivity index (χ3n) is 6.70. The van der Waals surface area contributed by atoms with Gasteiger partial charge in [0.2, 0.25) is 0 Å². The second-order valence-electron chi connectivity index (χ2n) is 8.81. The Morgan fingerprint density at radius 2 is 1.59 bits per heavy atom. The molecule has 1 saturated heterocycles. The molecule has 0 aromatic heterocycles. The fraction of sp³-hybridized carbons (Fsp3) is 0.500. The molecule has 0 saturated carbocycles. The Morgan fingerprint density at radius 3 is 2.17 bits per heavy atom. The van der Waals surface area contributed by atoms with Gasteiger partial charge in [-0.1, -0.05) is 55.0 Å². The molecule has 29 heavy (non-hydrogen) atoms. The van der Waals surface area contributed by atoms with Gasteiger partial charge in [-0.15, -0.1) is 0 Å². The van der Waals surface area contributed by atoms with E-state index in [1.165, 1.54) is 47.1 Å². The summed E-state index contributed by atoms with van der Waals surface area (Å²) >= 11 is 0. The Balaban J connectivity index is 0.00000300. The van der Waals surface area contributed by atoms with Crippen LogP contribution in [0.1, 0.15) is 60.4 Å². The van der Waals surface area contributed by atoms with Gasteiger partial charge < -0.3 is 4.48 Å². The molecule has 2 aromatic rings. The SMILES string of the molecule is CCC(C(=O)Cc1c(C)cccc1C)[N+]1(Cc2cccc(C)c2)CCCCC1.[Y]. The Hall–Kier alpha value is -0.826. The first-order chi connectivity index (χ1) is 13.4. The molecule has 1 atom stereocenters. The summed E-state index contributed by atoms with van der Waals surface area (Å²) in [6.07, 6.45) is 5.27. The molecule has 3 rings (SSSR count). The number of hydrogen-bond acceptors (Lipinski definition) is 1. The molecule has 3 heteroatoms. The van der Waals surface area contributed by atoms with Gasteiger partial charge in [0.1, 0.15) is 12.6 Å². The van der Waals surface area contributed by atoms with Crippen LogP contribution in [0.5, 0.6) is 0 Å². The van der Waals surface area contributed by atoms with Crippen molar-refractivity contribution >= 4 is 5.78 Å². The van der Waals surface area contributed by atoms with Crippen molar-refractivity contribution in [1.82, 2.24) is 0 Å². The molecule has 1 aliphatic heterocycles. The first kappa shape index (κ1) is 24.4. The van der Waals surface area contributed by atoms with Crippen molar-refractivity contribution in [1.29, 1.82) is 0 Å². The molecular formula is C26H36NOY+. The van der Waals surface area contributed by atoms with Crippen molar-refractivity contribution in [3.8, 4) is 0 Å². The van der Waals surface area contributed by atoms with Crippen LogP contribution in [-0.2, 0) is 50.5 Å². The summed E-state index contributed by atoms with van der Waals surface area (Å²) in [4.78, 5) is 13.6. The van der Waals surface area contributed by atoms with Gasteiger partial charge in [0, 0.05) is 51.1 Å². The fourth-order valence-corrected chi connectivity index (χ4v) is 5.24. The van der Waals surface area contributed by atoms with E-state index < -0.39 is 0 Å². The predicted octanol–water partition coefficient (Wildman–Crippen LogP) is 5.70. The summed E-state index contributed by atoms with van der Waals surface area (Å²) in [7, 11) is 0. The number of Topliss-reactive ketones (excluding diaryl/α,β-unsaturated/α-hetero) is 1. The minimum Gasteiger partial charge on any atom is -0.311 e. The number of quaternary nitrogens is 1. The van der Waals surface area contributed by atoms with Crippen molar-refractivity contribution < 1.29 is 42.0 Å². The molecule has 1 aliphatic rings. The van der Waals surface area contributed by atoms with Gasteiger partial charge in [-0.25, -0.2) is 0 Å². The van der Waals surface area contributed by atoms with E-state index in [1.807, 2.05) is 0 Å². The van der Waals surface area contributed by atoms with E-state index in [0.717, 1.165) is 30.5 Å². The molecule has 0 bridgehead atoms. The molecule has 0 N–H and O–H groups in total. The van der Waals surface area contributed by atoms with E-state index in [2.05, 4.69) is 70.2 Å². The molecule has 1 radical (unpaired) electrons. The zero-order valence-corrected chi connectivity index (χ0v) is 21.5. The third kappa shape index (κ3) is 5.87. The molecule has 2 aromatic carbocycles. The molecule has 0 amide bonds. The normalized spacial score (nSPS) is 16.7. The number of carbonyl (C=O) groups excluding carboxylic acids is 1. The van der Waals surface area contributed by atoms with Gasteiger partial charge in [-0.2, -0.15) is 0 Å². The maximum atomic E-state index is 13.6. The van der Waals surface area contributed by atoms with E-state index in [4.69, 9.17) is 0 Å². The van der Waals surface area contributed by atoms with Crippen LogP contribution in [0.3, 0.4) is 0 Å². The number of likely N-dealkylation sites (tertiary alicyclic amines) is 1. The Labute approximate surface area is 202 Å². The second-order valence-corrected chi connectivity index (χ2v) is 8.81. The molecule has 0 aliphatic carbocycles. The quantitative estimate of drug-likeness (QED) is 0.478. The van der Waals surface area contributed by atoms with Crippen LogP contribution in [0.15, 0.2) is 42.5 Å². The van der Waals surface area contributed by atoms with E-state index >= 15 is 0 Å². The molecule has 2 nitrogen and oxygen atoms in total. The Kier molecular flexibility index (Phi) is 9.26. The smallest absolute Gasteiger partial charge is 0.194 e. The van der Waals surface area contributed by atoms with E-state index in [9.17, 15) is 4.79 Å². The maximum absolute atomic E-state index is 13.6. The first-order valence-electron chi connectivity index (χ1n) is 10.9. The van der Waals surface area contributed by atoms with Crippen molar-refractivity contribution in [2.75, 3.05) is 13.1 Å². The van der Waals surface area contributed by atoms with Crippen molar-refractivity contribution in [2.24, 2.45) is 0 Å². The standard InChI is InChI=1S/C26H36NO.Y/c1-5-25(26(28)18-24-21(3)12-10-13-22(24)4)27(15-7-6-8-16-27)19-23-14-9-11-20(2)17-23;/h9-14,17,25H,5-8,15-16,18-19H2,1-4H3;/q+1;. The number of hydrogen-bond donors (Lipinski definition) is 0. The average molecular weight is 467 g/mol. The predicted molar refractivity (Wildman–Crippen MR) is 117 cm³/mol. The summed E-state index contributed by atoms with van der Waals surface area (Å²) in [6.45, 7) is 11.9. The Morgan fingerprint density at radius 1 is 0.966 bits per heavy atom. The zero-order chi connectivity index (χ0) is 20.1. The van der Waals surface area contributed by atoms with Gasteiger partial charge in [0.25, 0.3) is 0 Å². The number of benzene rings is 2. The summed E-state index contributed by atoms with van der Waals surface area (Å²) in [5.41, 5.74) is 6.40. The van der Waals surface area contributed by atoms with Gasteiger partial charge >= 0.3 is 0 Å². The van der Waals surface area contributed by atoms with Crippen LogP contribution in [0.2, 0.25) is 0 Å². The monoisotopic (exact) mass is 467 g/mol. The summed E-state index contributed by atoms with van der Waals surface area (Å²) in [5.74, 6) is 0.425. The fourth-order valence-electron chi connectivity index (χ4n) is 5.24. The number of nitrogens with zero attached hydrogens (tertiary/aromatic N) is 1. The van der Waals surface area contributed by atoms with Gasteiger partial charge in [-0.3, -0.25) is 4.79 Å². The van der Waals surface area contributed by atoms with E-state index in [-0.39, 0.29) is 38.8 Å². The zero-order valence-electron chi connectivity index (χ0n) is 18.7. The maximum Gasteiger partial charge on any atom is 0.194 e. The van der Waals surface area contributed by atoms with Gasteiger partial charge in [0.05, 0.1) is 13.1 Å². The third-order valence-corrected chi connectivity index (χ3v) is 6.70. The van der Waals surface area contributed by atoms with Crippen molar-refractivity contribution in [3.63, 3.8) is 0 Å². The largest absolute Gasteiger partial charge is 0.311 e. The number of ketones is 1. The van der Waals surface area contributed by atoms with Crippen LogP contribution >= 0.6 is 0 Å². The van der Waals surface area contributed by atoms with Gasteiger partial charge in [-0.05, 0) is 56.7 Å².